The fourth-order valence-electron chi connectivity index (χ4n) is 1.48. The van der Waals surface area contributed by atoms with Crippen molar-refractivity contribution in [2.24, 2.45) is 10.9 Å². The smallest absolute Gasteiger partial charge is 0.171 e. The van der Waals surface area contributed by atoms with E-state index in [1.807, 2.05) is 0 Å². The van der Waals surface area contributed by atoms with E-state index in [9.17, 15) is 4.39 Å². The van der Waals surface area contributed by atoms with Crippen molar-refractivity contribution in [2.45, 2.75) is 9.79 Å². The molecule has 0 amide bonds. The first kappa shape index (κ1) is 13.7. The van der Waals surface area contributed by atoms with Crippen LogP contribution in [0.5, 0.6) is 0 Å². The predicted octanol–water partition coefficient (Wildman–Crippen LogP) is 3.72. The maximum Gasteiger partial charge on any atom is 0.171 e. The van der Waals surface area contributed by atoms with Crippen molar-refractivity contribution in [3.05, 3.63) is 58.9 Å². The number of benzene rings is 2. The van der Waals surface area contributed by atoms with Gasteiger partial charge < -0.3 is 10.9 Å². The molecule has 3 N–H and O–H groups in total. The molecule has 0 unspecified atom stereocenters. The Kier molecular flexibility index (Phi) is 4.29. The summed E-state index contributed by atoms with van der Waals surface area (Å²) in [5, 5.41) is 12.3. The summed E-state index contributed by atoms with van der Waals surface area (Å²) in [6.45, 7) is 0. The van der Waals surface area contributed by atoms with Crippen molar-refractivity contribution in [2.75, 3.05) is 0 Å². The monoisotopic (exact) mass is 296 g/mol. The van der Waals surface area contributed by atoms with Gasteiger partial charge in [0.15, 0.2) is 5.84 Å². The van der Waals surface area contributed by atoms with E-state index in [0.29, 0.717) is 10.6 Å². The van der Waals surface area contributed by atoms with E-state index < -0.39 is 0 Å². The van der Waals surface area contributed by atoms with Gasteiger partial charge in [-0.25, -0.2) is 4.39 Å². The Morgan fingerprint density at radius 1 is 1.21 bits per heavy atom. The van der Waals surface area contributed by atoms with Gasteiger partial charge in [-0.3, -0.25) is 0 Å². The minimum absolute atomic E-state index is 0.00118. The van der Waals surface area contributed by atoms with Crippen LogP contribution in [-0.4, -0.2) is 11.0 Å². The second kappa shape index (κ2) is 5.95. The Morgan fingerprint density at radius 3 is 2.53 bits per heavy atom. The summed E-state index contributed by atoms with van der Waals surface area (Å²) in [7, 11) is 0. The molecular weight excluding hydrogens is 287 g/mol. The third kappa shape index (κ3) is 3.39. The third-order valence-electron chi connectivity index (χ3n) is 2.37. The maximum absolute atomic E-state index is 12.8. The van der Waals surface area contributed by atoms with Gasteiger partial charge >= 0.3 is 0 Å². The van der Waals surface area contributed by atoms with Crippen molar-refractivity contribution in [3.63, 3.8) is 0 Å². The van der Waals surface area contributed by atoms with E-state index in [-0.39, 0.29) is 11.7 Å². The Labute approximate surface area is 118 Å². The number of amidine groups is 1. The Morgan fingerprint density at radius 2 is 1.89 bits per heavy atom. The number of hydrogen-bond acceptors (Lipinski definition) is 3. The summed E-state index contributed by atoms with van der Waals surface area (Å²) in [6.07, 6.45) is 0. The lowest BCUT2D eigenvalue weighted by molar-refractivity contribution is 0.318. The molecule has 0 aromatic heterocycles. The third-order valence-corrected chi connectivity index (χ3v) is 3.67. The number of rotatable bonds is 3. The normalized spacial score (nSPS) is 11.6. The number of nitrogens with zero attached hydrogens (tertiary/aromatic N) is 1. The second-order valence-electron chi connectivity index (χ2n) is 3.68. The number of oxime groups is 1. The average Bonchev–Trinajstić information content (AvgIpc) is 2.41. The van der Waals surface area contributed by atoms with Gasteiger partial charge in [0.2, 0.25) is 0 Å². The maximum atomic E-state index is 12.8. The zero-order chi connectivity index (χ0) is 13.8. The first-order chi connectivity index (χ1) is 9.10. The minimum atomic E-state index is -0.299. The van der Waals surface area contributed by atoms with E-state index in [2.05, 4.69) is 5.16 Å². The van der Waals surface area contributed by atoms with Gasteiger partial charge in [0.25, 0.3) is 0 Å². The lowest BCUT2D eigenvalue weighted by Gasteiger charge is -2.08. The molecule has 0 aliphatic heterocycles. The van der Waals surface area contributed by atoms with Crippen LogP contribution in [0.15, 0.2) is 57.4 Å². The van der Waals surface area contributed by atoms with Gasteiger partial charge in [0.1, 0.15) is 5.82 Å². The lowest BCUT2D eigenvalue weighted by atomic mass is 10.2. The molecule has 0 atom stereocenters. The second-order valence-corrected chi connectivity index (χ2v) is 5.23. The van der Waals surface area contributed by atoms with E-state index >= 15 is 0 Å². The first-order valence-electron chi connectivity index (χ1n) is 5.31. The summed E-state index contributed by atoms with van der Waals surface area (Å²) >= 11 is 7.30. The van der Waals surface area contributed by atoms with Gasteiger partial charge in [0.05, 0.1) is 0 Å². The molecule has 0 radical (unpaired) electrons. The summed E-state index contributed by atoms with van der Waals surface area (Å²) < 4.78 is 12.8. The lowest BCUT2D eigenvalue weighted by Crippen LogP contribution is -2.14. The van der Waals surface area contributed by atoms with Crippen LogP contribution >= 0.6 is 23.4 Å². The van der Waals surface area contributed by atoms with Crippen molar-refractivity contribution in [1.82, 2.24) is 0 Å². The van der Waals surface area contributed by atoms with E-state index in [4.69, 9.17) is 22.5 Å². The zero-order valence-electron chi connectivity index (χ0n) is 9.68. The molecule has 0 aliphatic carbocycles. The Balaban J connectivity index is 2.38. The highest BCUT2D eigenvalue weighted by Crippen LogP contribution is 2.32. The molecule has 0 aliphatic rings. The quantitative estimate of drug-likeness (QED) is 0.393. The van der Waals surface area contributed by atoms with Crippen LogP contribution in [0.3, 0.4) is 0 Å². The average molecular weight is 297 g/mol. The summed E-state index contributed by atoms with van der Waals surface area (Å²) in [5.41, 5.74) is 6.18. The highest BCUT2D eigenvalue weighted by atomic mass is 35.5. The van der Waals surface area contributed by atoms with Gasteiger partial charge in [-0.05, 0) is 42.5 Å². The summed E-state index contributed by atoms with van der Waals surface area (Å²) in [4.78, 5) is 1.56. The van der Waals surface area contributed by atoms with E-state index in [1.54, 1.807) is 30.3 Å². The highest BCUT2D eigenvalue weighted by molar-refractivity contribution is 7.99. The van der Waals surface area contributed by atoms with E-state index in [0.717, 1.165) is 9.79 Å². The fraction of sp³-hybridized carbons (Fsp3) is 0. The van der Waals surface area contributed by atoms with Crippen molar-refractivity contribution < 1.29 is 9.60 Å². The van der Waals surface area contributed by atoms with Crippen LogP contribution in [0.1, 0.15) is 5.56 Å². The molecule has 19 heavy (non-hydrogen) atoms. The summed E-state index contributed by atoms with van der Waals surface area (Å²) in [5.74, 6) is -0.298. The molecule has 0 saturated carbocycles. The molecule has 2 aromatic carbocycles. The van der Waals surface area contributed by atoms with Crippen LogP contribution < -0.4 is 5.73 Å². The SMILES string of the molecule is NC(=NO)c1ccc(Cl)cc1Sc1ccc(F)cc1. The van der Waals surface area contributed by atoms with Crippen LogP contribution in [0.4, 0.5) is 4.39 Å². The standard InChI is InChI=1S/C13H10ClFN2OS/c14-8-1-6-11(13(16)17-18)12(7-8)19-10-4-2-9(15)3-5-10/h1-7,18H,(H2,16,17). The minimum Gasteiger partial charge on any atom is -0.409 e. The van der Waals surface area contributed by atoms with Gasteiger partial charge in [-0.2, -0.15) is 0 Å². The van der Waals surface area contributed by atoms with Crippen molar-refractivity contribution >= 4 is 29.2 Å². The molecule has 0 heterocycles. The van der Waals surface area contributed by atoms with Crippen LogP contribution in [0, 0.1) is 5.82 Å². The molecular formula is C13H10ClFN2OS. The topological polar surface area (TPSA) is 58.6 Å². The fourth-order valence-corrected chi connectivity index (χ4v) is 2.71. The van der Waals surface area contributed by atoms with Crippen LogP contribution in [-0.2, 0) is 0 Å². The first-order valence-corrected chi connectivity index (χ1v) is 6.50. The predicted molar refractivity (Wildman–Crippen MR) is 74.5 cm³/mol. The molecule has 2 aromatic rings. The van der Waals surface area contributed by atoms with E-state index in [1.165, 1.54) is 23.9 Å². The molecule has 98 valence electrons. The number of halogens is 2. The van der Waals surface area contributed by atoms with Crippen molar-refractivity contribution in [3.8, 4) is 0 Å². The molecule has 0 spiro atoms. The molecule has 0 saturated heterocycles. The van der Waals surface area contributed by atoms with Crippen LogP contribution in [0.2, 0.25) is 5.02 Å². The molecule has 6 heteroatoms. The van der Waals surface area contributed by atoms with Gasteiger partial charge in [-0.15, -0.1) is 0 Å². The Bertz CT molecular complexity index is 617. The summed E-state index contributed by atoms with van der Waals surface area (Å²) in [6, 6.07) is 11.1. The van der Waals surface area contributed by atoms with Crippen molar-refractivity contribution in [1.29, 1.82) is 0 Å². The number of nitrogens with two attached hydrogens (primary N) is 1. The Hall–Kier alpha value is -1.72. The largest absolute Gasteiger partial charge is 0.409 e. The zero-order valence-corrected chi connectivity index (χ0v) is 11.2. The molecule has 3 nitrogen and oxygen atoms in total. The molecule has 2 rings (SSSR count). The number of hydrogen-bond donors (Lipinski definition) is 2. The highest BCUT2D eigenvalue weighted by Gasteiger charge is 2.09. The van der Waals surface area contributed by atoms with Gasteiger partial charge in [-0.1, -0.05) is 28.5 Å². The van der Waals surface area contributed by atoms with Crippen LogP contribution in [0.25, 0.3) is 0 Å². The molecule has 0 bridgehead atoms. The van der Waals surface area contributed by atoms with Gasteiger partial charge in [0, 0.05) is 20.4 Å². The molecule has 0 fully saturated rings.